The molecule has 3 rings (SSSR count). The number of carbonyl (C=O) groups is 4. The third-order valence-electron chi connectivity index (χ3n) is 9.88. The van der Waals surface area contributed by atoms with Crippen molar-refractivity contribution in [3.63, 3.8) is 0 Å². The van der Waals surface area contributed by atoms with Gasteiger partial charge >= 0.3 is 17.9 Å². The highest BCUT2D eigenvalue weighted by Gasteiger charge is 2.31. The Morgan fingerprint density at radius 2 is 1.20 bits per heavy atom. The predicted molar refractivity (Wildman–Crippen MR) is 207 cm³/mol. The summed E-state index contributed by atoms with van der Waals surface area (Å²) in [5.41, 5.74) is 0.660. The van der Waals surface area contributed by atoms with Crippen LogP contribution in [0.15, 0.2) is 49.6 Å². The van der Waals surface area contributed by atoms with Crippen LogP contribution < -0.4 is 4.74 Å². The molecule has 0 atom stereocenters. The highest BCUT2D eigenvalue weighted by molar-refractivity contribution is 5.89. The SMILES string of the molecule is C=CC(=O)CCCCCCCCCCCCOC1CCC(C(=O)OC2CCC(OC(=O)C#Cc3ccc(OCCOCCOC(=O)C=C)cc3)CC2)CC1. The van der Waals surface area contributed by atoms with E-state index in [2.05, 4.69) is 25.0 Å². The zero-order valence-corrected chi connectivity index (χ0v) is 32.2. The van der Waals surface area contributed by atoms with E-state index in [1.54, 1.807) is 24.3 Å². The number of rotatable bonds is 26. The molecule has 298 valence electrons. The van der Waals surface area contributed by atoms with Crippen molar-refractivity contribution in [3.05, 3.63) is 55.1 Å². The van der Waals surface area contributed by atoms with Crippen LogP contribution in [-0.4, -0.2) is 75.0 Å². The van der Waals surface area contributed by atoms with Gasteiger partial charge in [0.1, 0.15) is 31.2 Å². The lowest BCUT2D eigenvalue weighted by Gasteiger charge is -2.31. The molecule has 0 unspecified atom stereocenters. The zero-order chi connectivity index (χ0) is 38.6. The first-order valence-electron chi connectivity index (χ1n) is 20.2. The Balaban J connectivity index is 1.16. The minimum atomic E-state index is -0.570. The summed E-state index contributed by atoms with van der Waals surface area (Å²) in [7, 11) is 0. The number of hydrogen-bond donors (Lipinski definition) is 0. The number of esters is 3. The van der Waals surface area contributed by atoms with Crippen molar-refractivity contribution >= 4 is 23.7 Å². The number of ether oxygens (including phenoxy) is 6. The molecule has 0 radical (unpaired) electrons. The van der Waals surface area contributed by atoms with Crippen molar-refractivity contribution in [2.45, 2.75) is 140 Å². The summed E-state index contributed by atoms with van der Waals surface area (Å²) in [6.45, 7) is 8.74. The standard InChI is InChI=1S/C44H62O10/c1-3-37(45)15-13-11-9-7-5-6-8-10-12-14-30-50-39-23-19-36(20-24-39)44(48)54-41-27-25-40(26-28-41)53-43(47)29-18-35-16-21-38(22-17-35)51-33-31-49-32-34-52-42(46)4-2/h3-4,16-17,21-22,36,39-41H,1-2,5-15,19-20,23-28,30-34H2. The van der Waals surface area contributed by atoms with E-state index >= 15 is 0 Å². The molecule has 0 bridgehead atoms. The first-order chi connectivity index (χ1) is 26.4. The van der Waals surface area contributed by atoms with Gasteiger partial charge in [0.15, 0.2) is 5.78 Å². The Kier molecular flexibility index (Phi) is 22.7. The van der Waals surface area contributed by atoms with Crippen LogP contribution in [0.5, 0.6) is 5.75 Å². The first kappa shape index (κ1) is 44.5. The minimum Gasteiger partial charge on any atom is -0.491 e. The molecule has 2 aliphatic carbocycles. The average molecular weight is 751 g/mol. The Bertz CT molecular complexity index is 1330. The van der Waals surface area contributed by atoms with Gasteiger partial charge in [-0.1, -0.05) is 70.4 Å². The Morgan fingerprint density at radius 3 is 1.83 bits per heavy atom. The fraction of sp³-hybridized carbons (Fsp3) is 0.636. The van der Waals surface area contributed by atoms with Crippen LogP contribution in [0.4, 0.5) is 0 Å². The van der Waals surface area contributed by atoms with Gasteiger partial charge in [-0.25, -0.2) is 9.59 Å². The number of allylic oxidation sites excluding steroid dienone is 1. The normalized spacial score (nSPS) is 19.4. The molecule has 0 saturated heterocycles. The second kappa shape index (κ2) is 27.6. The van der Waals surface area contributed by atoms with Gasteiger partial charge in [0.25, 0.3) is 0 Å². The molecule has 0 amide bonds. The molecule has 2 aliphatic rings. The van der Waals surface area contributed by atoms with Gasteiger partial charge in [0.2, 0.25) is 0 Å². The largest absolute Gasteiger partial charge is 0.491 e. The van der Waals surface area contributed by atoms with E-state index in [1.807, 2.05) is 0 Å². The molecule has 0 heterocycles. The van der Waals surface area contributed by atoms with E-state index < -0.39 is 11.9 Å². The number of unbranched alkanes of at least 4 members (excludes halogenated alkanes) is 9. The second-order valence-electron chi connectivity index (χ2n) is 14.1. The molecule has 0 spiro atoms. The van der Waals surface area contributed by atoms with E-state index in [9.17, 15) is 19.2 Å². The lowest BCUT2D eigenvalue weighted by molar-refractivity contribution is -0.161. The van der Waals surface area contributed by atoms with Crippen molar-refractivity contribution in [2.24, 2.45) is 5.92 Å². The lowest BCUT2D eigenvalue weighted by atomic mass is 9.87. The molecule has 1 aromatic carbocycles. The van der Waals surface area contributed by atoms with Gasteiger partial charge in [-0.2, -0.15) is 0 Å². The maximum atomic E-state index is 12.9. The van der Waals surface area contributed by atoms with Crippen LogP contribution in [0.1, 0.15) is 128 Å². The van der Waals surface area contributed by atoms with Crippen LogP contribution in [0.25, 0.3) is 0 Å². The smallest absolute Gasteiger partial charge is 0.384 e. The van der Waals surface area contributed by atoms with E-state index in [0.717, 1.165) is 57.6 Å². The molecule has 2 saturated carbocycles. The van der Waals surface area contributed by atoms with Gasteiger partial charge in [-0.05, 0) is 94.5 Å². The van der Waals surface area contributed by atoms with Gasteiger partial charge in [0, 0.05) is 30.6 Å². The van der Waals surface area contributed by atoms with Crippen LogP contribution in [-0.2, 0) is 42.9 Å². The summed E-state index contributed by atoms with van der Waals surface area (Å²) in [5, 5.41) is 0. The number of carbonyl (C=O) groups excluding carboxylic acids is 4. The monoisotopic (exact) mass is 750 g/mol. The maximum absolute atomic E-state index is 12.9. The summed E-state index contributed by atoms with van der Waals surface area (Å²) in [5.74, 6) is 4.97. The highest BCUT2D eigenvalue weighted by atomic mass is 16.6. The van der Waals surface area contributed by atoms with Crippen molar-refractivity contribution < 1.29 is 47.6 Å². The molecular formula is C44H62O10. The summed E-state index contributed by atoms with van der Waals surface area (Å²) < 4.78 is 33.4. The van der Waals surface area contributed by atoms with Gasteiger partial charge in [-0.3, -0.25) is 9.59 Å². The average Bonchev–Trinajstić information content (AvgIpc) is 3.19. The number of benzene rings is 1. The van der Waals surface area contributed by atoms with E-state index in [0.29, 0.717) is 56.6 Å². The summed E-state index contributed by atoms with van der Waals surface area (Å²) >= 11 is 0. The fourth-order valence-corrected chi connectivity index (χ4v) is 6.68. The van der Waals surface area contributed by atoms with Crippen molar-refractivity contribution in [2.75, 3.05) is 33.0 Å². The van der Waals surface area contributed by atoms with Crippen LogP contribution in [0.3, 0.4) is 0 Å². The zero-order valence-electron chi connectivity index (χ0n) is 32.2. The third-order valence-corrected chi connectivity index (χ3v) is 9.88. The lowest BCUT2D eigenvalue weighted by Crippen LogP contribution is -2.33. The summed E-state index contributed by atoms with van der Waals surface area (Å²) in [6.07, 6.45) is 21.0. The number of hydrogen-bond acceptors (Lipinski definition) is 10. The maximum Gasteiger partial charge on any atom is 0.384 e. The first-order valence-corrected chi connectivity index (χ1v) is 20.2. The molecule has 10 heteroatoms. The van der Waals surface area contributed by atoms with Crippen LogP contribution >= 0.6 is 0 Å². The van der Waals surface area contributed by atoms with Crippen LogP contribution in [0, 0.1) is 17.8 Å². The molecule has 54 heavy (non-hydrogen) atoms. The highest BCUT2D eigenvalue weighted by Crippen LogP contribution is 2.30. The predicted octanol–water partition coefficient (Wildman–Crippen LogP) is 8.18. The quantitative estimate of drug-likeness (QED) is 0.0301. The molecule has 1 aromatic rings. The minimum absolute atomic E-state index is 0.0630. The Morgan fingerprint density at radius 1 is 0.630 bits per heavy atom. The van der Waals surface area contributed by atoms with E-state index in [4.69, 9.17) is 28.4 Å². The molecule has 2 fully saturated rings. The molecule has 0 N–H and O–H groups in total. The van der Waals surface area contributed by atoms with Crippen molar-refractivity contribution in [1.82, 2.24) is 0 Å². The summed E-state index contributed by atoms with van der Waals surface area (Å²) in [4.78, 5) is 47.5. The van der Waals surface area contributed by atoms with E-state index in [1.165, 1.54) is 51.0 Å². The second-order valence-corrected chi connectivity index (χ2v) is 14.1. The third kappa shape index (κ3) is 19.9. The van der Waals surface area contributed by atoms with Gasteiger partial charge < -0.3 is 28.4 Å². The molecular weight excluding hydrogens is 688 g/mol. The van der Waals surface area contributed by atoms with Gasteiger partial charge in [-0.15, -0.1) is 0 Å². The topological polar surface area (TPSA) is 124 Å². The van der Waals surface area contributed by atoms with E-state index in [-0.39, 0.29) is 49.2 Å². The Labute approximate surface area is 322 Å². The van der Waals surface area contributed by atoms with Crippen LogP contribution in [0.2, 0.25) is 0 Å². The van der Waals surface area contributed by atoms with Crippen molar-refractivity contribution in [3.8, 4) is 17.6 Å². The van der Waals surface area contributed by atoms with Crippen molar-refractivity contribution in [1.29, 1.82) is 0 Å². The fourth-order valence-electron chi connectivity index (χ4n) is 6.68. The molecule has 0 aliphatic heterocycles. The molecule has 0 aromatic heterocycles. The summed E-state index contributed by atoms with van der Waals surface area (Å²) in [6, 6.07) is 7.05. The molecule has 10 nitrogen and oxygen atoms in total. The Hall–Kier alpha value is -3.94. The number of ketones is 1. The van der Waals surface area contributed by atoms with Gasteiger partial charge in [0.05, 0.1) is 25.2 Å².